The minimum absolute atomic E-state index is 0.0268. The molecule has 2 fully saturated rings. The molecule has 0 saturated carbocycles. The fourth-order valence-corrected chi connectivity index (χ4v) is 3.88. The highest BCUT2D eigenvalue weighted by atomic mass is 35.5. The Morgan fingerprint density at radius 3 is 2.79 bits per heavy atom. The van der Waals surface area contributed by atoms with Crippen molar-refractivity contribution in [2.45, 2.75) is 25.4 Å². The van der Waals surface area contributed by atoms with E-state index in [9.17, 15) is 4.79 Å². The van der Waals surface area contributed by atoms with Gasteiger partial charge in [-0.15, -0.1) is 0 Å². The van der Waals surface area contributed by atoms with Crippen LogP contribution < -0.4 is 4.74 Å². The Morgan fingerprint density at radius 2 is 2.12 bits per heavy atom. The smallest absolute Gasteiger partial charge is 0.255 e. The number of methoxy groups -OCH3 is 2. The molecule has 132 valence electrons. The molecule has 5 nitrogen and oxygen atoms in total. The molecule has 0 N–H and O–H groups in total. The van der Waals surface area contributed by atoms with Gasteiger partial charge in [-0.25, -0.2) is 0 Å². The first-order valence-electron chi connectivity index (χ1n) is 8.30. The van der Waals surface area contributed by atoms with Gasteiger partial charge in [0.25, 0.3) is 5.91 Å². The third-order valence-corrected chi connectivity index (χ3v) is 5.48. The Balaban J connectivity index is 1.64. The molecule has 0 aromatic heterocycles. The van der Waals surface area contributed by atoms with Gasteiger partial charge in [0, 0.05) is 20.2 Å². The van der Waals surface area contributed by atoms with Gasteiger partial charge in [-0.1, -0.05) is 11.6 Å². The lowest BCUT2D eigenvalue weighted by atomic mass is 9.76. The lowest BCUT2D eigenvalue weighted by Crippen LogP contribution is -2.43. The van der Waals surface area contributed by atoms with E-state index in [2.05, 4.69) is 0 Å². The molecule has 1 aromatic carbocycles. The van der Waals surface area contributed by atoms with E-state index >= 15 is 0 Å². The summed E-state index contributed by atoms with van der Waals surface area (Å²) >= 11 is 6.20. The maximum Gasteiger partial charge on any atom is 0.255 e. The average Bonchev–Trinajstić information content (AvgIpc) is 2.98. The largest absolute Gasteiger partial charge is 0.497 e. The van der Waals surface area contributed by atoms with Crippen molar-refractivity contribution in [3.05, 3.63) is 28.8 Å². The highest BCUT2D eigenvalue weighted by molar-refractivity contribution is 6.33. The lowest BCUT2D eigenvalue weighted by molar-refractivity contribution is 0.0281. The number of ether oxygens (including phenoxy) is 3. The van der Waals surface area contributed by atoms with E-state index in [0.29, 0.717) is 22.9 Å². The molecule has 3 rings (SSSR count). The highest BCUT2D eigenvalue weighted by Gasteiger charge is 2.43. The Bertz CT molecular complexity index is 599. The van der Waals surface area contributed by atoms with Crippen LogP contribution in [0.3, 0.4) is 0 Å². The maximum absolute atomic E-state index is 12.8. The zero-order valence-corrected chi connectivity index (χ0v) is 15.0. The molecule has 6 heteroatoms. The number of amides is 1. The summed E-state index contributed by atoms with van der Waals surface area (Å²) in [6.45, 7) is 2.87. The van der Waals surface area contributed by atoms with E-state index in [-0.39, 0.29) is 17.4 Å². The molecule has 1 atom stereocenters. The van der Waals surface area contributed by atoms with Gasteiger partial charge >= 0.3 is 0 Å². The third-order valence-electron chi connectivity index (χ3n) is 5.15. The van der Waals surface area contributed by atoms with E-state index in [0.717, 1.165) is 39.0 Å². The Labute approximate surface area is 147 Å². The summed E-state index contributed by atoms with van der Waals surface area (Å²) in [6.07, 6.45) is 3.12. The summed E-state index contributed by atoms with van der Waals surface area (Å²) in [5.74, 6) is 0.615. The molecule has 2 aliphatic rings. The van der Waals surface area contributed by atoms with Crippen LogP contribution in [0.5, 0.6) is 5.75 Å². The minimum Gasteiger partial charge on any atom is -0.497 e. The number of halogens is 1. The van der Waals surface area contributed by atoms with Gasteiger partial charge in [0.15, 0.2) is 0 Å². The molecule has 2 saturated heterocycles. The zero-order chi connectivity index (χ0) is 17.2. The van der Waals surface area contributed by atoms with Gasteiger partial charge < -0.3 is 19.1 Å². The number of hydrogen-bond donors (Lipinski definition) is 0. The summed E-state index contributed by atoms with van der Waals surface area (Å²) < 4.78 is 16.2. The summed E-state index contributed by atoms with van der Waals surface area (Å²) in [4.78, 5) is 14.7. The molecule has 0 radical (unpaired) electrons. The minimum atomic E-state index is -0.0268. The second-order valence-corrected chi connectivity index (χ2v) is 7.14. The van der Waals surface area contributed by atoms with Gasteiger partial charge in [0.1, 0.15) is 5.75 Å². The second-order valence-electron chi connectivity index (χ2n) is 6.73. The van der Waals surface area contributed by atoms with Crippen molar-refractivity contribution in [1.82, 2.24) is 4.90 Å². The maximum atomic E-state index is 12.8. The van der Waals surface area contributed by atoms with Gasteiger partial charge in [-0.2, -0.15) is 0 Å². The molecular formula is C18H24ClNO4. The van der Waals surface area contributed by atoms with Gasteiger partial charge in [0.05, 0.1) is 37.0 Å². The number of carbonyl (C=O) groups is 1. The number of likely N-dealkylation sites (tertiary alicyclic amines) is 1. The zero-order valence-electron chi connectivity index (χ0n) is 14.2. The molecule has 1 spiro atoms. The van der Waals surface area contributed by atoms with Crippen molar-refractivity contribution in [1.29, 1.82) is 0 Å². The van der Waals surface area contributed by atoms with E-state index in [4.69, 9.17) is 25.8 Å². The van der Waals surface area contributed by atoms with Crippen LogP contribution in [0.1, 0.15) is 29.6 Å². The van der Waals surface area contributed by atoms with Crippen molar-refractivity contribution < 1.29 is 19.0 Å². The molecule has 1 aromatic rings. The van der Waals surface area contributed by atoms with Gasteiger partial charge in [0.2, 0.25) is 0 Å². The van der Waals surface area contributed by atoms with Crippen LogP contribution in [-0.4, -0.2) is 57.4 Å². The molecular weight excluding hydrogens is 330 g/mol. The first-order chi connectivity index (χ1) is 11.6. The lowest BCUT2D eigenvalue weighted by Gasteiger charge is -2.38. The topological polar surface area (TPSA) is 48.0 Å². The van der Waals surface area contributed by atoms with Crippen LogP contribution in [0.2, 0.25) is 5.02 Å². The summed E-state index contributed by atoms with van der Waals surface area (Å²) in [5, 5.41) is 0.463. The predicted molar refractivity (Wildman–Crippen MR) is 91.8 cm³/mol. The van der Waals surface area contributed by atoms with Crippen molar-refractivity contribution >= 4 is 17.5 Å². The summed E-state index contributed by atoms with van der Waals surface area (Å²) in [7, 11) is 3.28. The van der Waals surface area contributed by atoms with E-state index in [1.54, 1.807) is 32.4 Å². The van der Waals surface area contributed by atoms with Gasteiger partial charge in [-0.05, 0) is 42.9 Å². The third kappa shape index (κ3) is 3.53. The number of nitrogens with zero attached hydrogens (tertiary/aromatic N) is 1. The van der Waals surface area contributed by atoms with Crippen LogP contribution >= 0.6 is 11.6 Å². The van der Waals surface area contributed by atoms with Crippen molar-refractivity contribution in [3.63, 3.8) is 0 Å². The highest BCUT2D eigenvalue weighted by Crippen LogP contribution is 2.42. The molecule has 0 bridgehead atoms. The summed E-state index contributed by atoms with van der Waals surface area (Å²) in [5.41, 5.74) is 0.699. The molecule has 2 heterocycles. The fourth-order valence-electron chi connectivity index (χ4n) is 3.69. The van der Waals surface area contributed by atoms with Crippen LogP contribution in [0.15, 0.2) is 18.2 Å². The molecule has 0 aliphatic carbocycles. The van der Waals surface area contributed by atoms with Crippen LogP contribution in [0.4, 0.5) is 0 Å². The van der Waals surface area contributed by atoms with E-state index in [1.807, 2.05) is 4.90 Å². The molecule has 0 unspecified atom stereocenters. The Kier molecular flexibility index (Phi) is 5.33. The Hall–Kier alpha value is -1.30. The van der Waals surface area contributed by atoms with Crippen LogP contribution in [0.25, 0.3) is 0 Å². The van der Waals surface area contributed by atoms with Gasteiger partial charge in [-0.3, -0.25) is 4.79 Å². The normalized spacial score (nSPS) is 22.8. The predicted octanol–water partition coefficient (Wildman–Crippen LogP) is 3.01. The monoisotopic (exact) mass is 353 g/mol. The fraction of sp³-hybridized carbons (Fsp3) is 0.611. The Morgan fingerprint density at radius 1 is 1.38 bits per heavy atom. The number of rotatable bonds is 4. The van der Waals surface area contributed by atoms with Crippen LogP contribution in [0, 0.1) is 5.41 Å². The van der Waals surface area contributed by atoms with Crippen molar-refractivity contribution in [2.24, 2.45) is 5.41 Å². The van der Waals surface area contributed by atoms with E-state index < -0.39 is 0 Å². The first-order valence-corrected chi connectivity index (χ1v) is 8.68. The van der Waals surface area contributed by atoms with Crippen molar-refractivity contribution in [3.8, 4) is 5.75 Å². The SMILES string of the molecule is COC[C@@H]1CC2(CCN(C(=O)c3cc(OC)ccc3Cl)CC2)CO1. The quantitative estimate of drug-likeness (QED) is 0.834. The summed E-state index contributed by atoms with van der Waals surface area (Å²) in [6, 6.07) is 5.18. The standard InChI is InChI=1S/C18H24ClNO4/c1-22-11-14-10-18(12-24-14)5-7-20(8-6-18)17(21)15-9-13(23-2)3-4-16(15)19/h3-4,9,14H,5-8,10-12H2,1-2H3/t14-/m0/s1. The average molecular weight is 354 g/mol. The number of benzene rings is 1. The number of carbonyl (C=O) groups excluding carboxylic acids is 1. The van der Waals surface area contributed by atoms with E-state index in [1.165, 1.54) is 0 Å². The second kappa shape index (κ2) is 7.30. The number of piperidine rings is 1. The molecule has 1 amide bonds. The molecule has 24 heavy (non-hydrogen) atoms. The molecule has 2 aliphatic heterocycles. The van der Waals surface area contributed by atoms with Crippen molar-refractivity contribution in [2.75, 3.05) is 40.5 Å². The van der Waals surface area contributed by atoms with Crippen LogP contribution in [-0.2, 0) is 9.47 Å². The first kappa shape index (κ1) is 17.5. The number of hydrogen-bond acceptors (Lipinski definition) is 4.